The van der Waals surface area contributed by atoms with Crippen LogP contribution in [0.25, 0.3) is 0 Å². The minimum Gasteiger partial charge on any atom is -0.497 e. The molecule has 0 fully saturated rings. The van der Waals surface area contributed by atoms with Gasteiger partial charge in [0.05, 0.1) is 25.7 Å². The molecule has 0 aromatic heterocycles. The van der Waals surface area contributed by atoms with E-state index >= 15 is 0 Å². The Morgan fingerprint density at radius 3 is 2.60 bits per heavy atom. The van der Waals surface area contributed by atoms with Gasteiger partial charge in [-0.3, -0.25) is 9.59 Å². The summed E-state index contributed by atoms with van der Waals surface area (Å²) < 4.78 is 10.4. The highest BCUT2D eigenvalue weighted by atomic mass is 16.5. The number of allylic oxidation sites excluding steroid dienone is 3. The van der Waals surface area contributed by atoms with Gasteiger partial charge in [-0.15, -0.1) is 0 Å². The maximum atomic E-state index is 12.5. The molecule has 0 heterocycles. The van der Waals surface area contributed by atoms with Gasteiger partial charge in [0.25, 0.3) is 0 Å². The van der Waals surface area contributed by atoms with Crippen LogP contribution in [0, 0.1) is 0 Å². The molecule has 0 saturated heterocycles. The van der Waals surface area contributed by atoms with Crippen LogP contribution in [0.4, 0.5) is 0 Å². The normalized spacial score (nSPS) is 14.3. The summed E-state index contributed by atoms with van der Waals surface area (Å²) in [6.07, 6.45) is 7.23. The number of benzene rings is 1. The molecule has 1 aliphatic carbocycles. The monoisotopic (exact) mass is 415 g/mol. The van der Waals surface area contributed by atoms with Crippen molar-refractivity contribution in [3.8, 4) is 11.5 Å². The molecule has 0 aliphatic heterocycles. The minimum absolute atomic E-state index is 0.0225. The number of amides is 1. The van der Waals surface area contributed by atoms with Crippen LogP contribution >= 0.6 is 0 Å². The molecule has 0 bridgehead atoms. The van der Waals surface area contributed by atoms with E-state index in [-0.39, 0.29) is 18.6 Å². The largest absolute Gasteiger partial charge is 0.497 e. The number of carbonyl (C=O) groups is 2. The lowest BCUT2D eigenvalue weighted by molar-refractivity contribution is -0.121. The first-order valence-corrected chi connectivity index (χ1v) is 10.2. The van der Waals surface area contributed by atoms with Crippen molar-refractivity contribution < 1.29 is 29.1 Å². The number of nitrogens with one attached hydrogen (secondary N) is 1. The predicted molar refractivity (Wildman–Crippen MR) is 116 cm³/mol. The van der Waals surface area contributed by atoms with Crippen LogP contribution in [0.5, 0.6) is 11.5 Å². The predicted octanol–water partition coefficient (Wildman–Crippen LogP) is 2.61. The second-order valence-electron chi connectivity index (χ2n) is 7.25. The quantitative estimate of drug-likeness (QED) is 0.379. The summed E-state index contributed by atoms with van der Waals surface area (Å²) in [5.74, 6) is -0.535. The van der Waals surface area contributed by atoms with E-state index in [1.54, 1.807) is 18.2 Å². The van der Waals surface area contributed by atoms with Crippen molar-refractivity contribution in [2.45, 2.75) is 51.4 Å². The second kappa shape index (κ2) is 11.6. The first kappa shape index (κ1) is 23.7. The third-order valence-corrected chi connectivity index (χ3v) is 5.17. The average Bonchev–Trinajstić information content (AvgIpc) is 2.76. The summed E-state index contributed by atoms with van der Waals surface area (Å²) in [5, 5.41) is 22.0. The van der Waals surface area contributed by atoms with Crippen molar-refractivity contribution in [2.75, 3.05) is 14.2 Å². The molecule has 2 rings (SSSR count). The van der Waals surface area contributed by atoms with Crippen LogP contribution in [0.15, 0.2) is 41.5 Å². The van der Waals surface area contributed by atoms with E-state index in [9.17, 15) is 19.6 Å². The molecule has 0 unspecified atom stereocenters. The number of rotatable bonds is 11. The molecule has 1 aliphatic rings. The molecule has 162 valence electrons. The first-order chi connectivity index (χ1) is 14.4. The standard InChI is InChI=1S/C22H30BNO6/c1-4-15-6-5-7-16(12-15)13-21(23(27)28)24-22(26)11-10-19(25)18-9-8-17(29-2)14-20(18)30-3/h7-9,12,14,21,27-28H,4-6,10-11,13H2,1-3H3,(H,24,26)/t21-/m0/s1. The summed E-state index contributed by atoms with van der Waals surface area (Å²) in [6, 6.07) is 4.87. The van der Waals surface area contributed by atoms with E-state index < -0.39 is 19.0 Å². The van der Waals surface area contributed by atoms with Gasteiger partial charge in [-0.05, 0) is 37.8 Å². The third kappa shape index (κ3) is 6.74. The molecule has 0 spiro atoms. The van der Waals surface area contributed by atoms with E-state index in [4.69, 9.17) is 9.47 Å². The average molecular weight is 415 g/mol. The summed E-state index contributed by atoms with van der Waals surface area (Å²) in [6.45, 7) is 2.09. The Balaban J connectivity index is 1.94. The highest BCUT2D eigenvalue weighted by Gasteiger charge is 2.26. The number of methoxy groups -OCH3 is 2. The Labute approximate surface area is 177 Å². The van der Waals surface area contributed by atoms with Gasteiger partial charge in [-0.2, -0.15) is 0 Å². The van der Waals surface area contributed by atoms with E-state index in [1.165, 1.54) is 19.8 Å². The van der Waals surface area contributed by atoms with Gasteiger partial charge in [0.1, 0.15) is 11.5 Å². The molecule has 0 saturated carbocycles. The van der Waals surface area contributed by atoms with Crippen molar-refractivity contribution in [1.29, 1.82) is 0 Å². The van der Waals surface area contributed by atoms with Gasteiger partial charge in [0.15, 0.2) is 5.78 Å². The van der Waals surface area contributed by atoms with Gasteiger partial charge in [-0.25, -0.2) is 0 Å². The molecule has 1 aromatic rings. The van der Waals surface area contributed by atoms with Crippen LogP contribution in [0.1, 0.15) is 55.8 Å². The van der Waals surface area contributed by atoms with Crippen molar-refractivity contribution in [3.05, 3.63) is 47.1 Å². The lowest BCUT2D eigenvalue weighted by Gasteiger charge is -2.20. The molecule has 1 amide bonds. The maximum absolute atomic E-state index is 12.5. The maximum Gasteiger partial charge on any atom is 0.475 e. The minimum atomic E-state index is -1.69. The summed E-state index contributed by atoms with van der Waals surface area (Å²) in [5.41, 5.74) is 2.66. The fraction of sp³-hybridized carbons (Fsp3) is 0.455. The molecule has 7 nitrogen and oxygen atoms in total. The topological polar surface area (TPSA) is 105 Å². The Morgan fingerprint density at radius 1 is 1.20 bits per heavy atom. The van der Waals surface area contributed by atoms with Crippen LogP contribution in [0.2, 0.25) is 0 Å². The van der Waals surface area contributed by atoms with Gasteiger partial charge in [-0.1, -0.05) is 30.2 Å². The Kier molecular flexibility index (Phi) is 9.14. The van der Waals surface area contributed by atoms with E-state index in [1.807, 2.05) is 0 Å². The number of ether oxygens (including phenoxy) is 2. The first-order valence-electron chi connectivity index (χ1n) is 10.2. The fourth-order valence-corrected chi connectivity index (χ4v) is 3.41. The summed E-state index contributed by atoms with van der Waals surface area (Å²) >= 11 is 0. The highest BCUT2D eigenvalue weighted by Crippen LogP contribution is 2.26. The number of ketones is 1. The highest BCUT2D eigenvalue weighted by molar-refractivity contribution is 6.43. The van der Waals surface area contributed by atoms with E-state index in [2.05, 4.69) is 24.4 Å². The van der Waals surface area contributed by atoms with Crippen molar-refractivity contribution in [2.24, 2.45) is 0 Å². The lowest BCUT2D eigenvalue weighted by atomic mass is 9.74. The number of hydrogen-bond acceptors (Lipinski definition) is 6. The van der Waals surface area contributed by atoms with Gasteiger partial charge in [0, 0.05) is 18.9 Å². The van der Waals surface area contributed by atoms with Crippen LogP contribution in [-0.2, 0) is 4.79 Å². The molecular weight excluding hydrogens is 385 g/mol. The van der Waals surface area contributed by atoms with Gasteiger partial charge >= 0.3 is 7.12 Å². The van der Waals surface area contributed by atoms with Crippen LogP contribution < -0.4 is 14.8 Å². The number of Topliss-reactive ketones (excluding diaryl/α,β-unsaturated/α-hetero) is 1. The smallest absolute Gasteiger partial charge is 0.475 e. The zero-order valence-corrected chi connectivity index (χ0v) is 17.8. The molecule has 3 N–H and O–H groups in total. The molecular formula is C22H30BNO6. The molecule has 1 atom stereocenters. The van der Waals surface area contributed by atoms with E-state index in [0.717, 1.165) is 24.8 Å². The van der Waals surface area contributed by atoms with E-state index in [0.29, 0.717) is 23.5 Å². The third-order valence-electron chi connectivity index (χ3n) is 5.17. The Hall–Kier alpha value is -2.58. The lowest BCUT2D eigenvalue weighted by Crippen LogP contribution is -2.46. The van der Waals surface area contributed by atoms with Gasteiger partial charge in [0.2, 0.25) is 5.91 Å². The fourth-order valence-electron chi connectivity index (χ4n) is 3.41. The van der Waals surface area contributed by atoms with Crippen molar-refractivity contribution >= 4 is 18.8 Å². The van der Waals surface area contributed by atoms with Crippen molar-refractivity contribution in [3.63, 3.8) is 0 Å². The number of carbonyl (C=O) groups excluding carboxylic acids is 2. The molecule has 1 aromatic carbocycles. The summed E-state index contributed by atoms with van der Waals surface area (Å²) in [4.78, 5) is 24.9. The zero-order chi connectivity index (χ0) is 22.1. The number of hydrogen-bond donors (Lipinski definition) is 3. The Morgan fingerprint density at radius 2 is 1.97 bits per heavy atom. The second-order valence-corrected chi connectivity index (χ2v) is 7.25. The molecule has 30 heavy (non-hydrogen) atoms. The summed E-state index contributed by atoms with van der Waals surface area (Å²) in [7, 11) is 1.30. The SMILES string of the molecule is CCC1=CC(C[C@H](NC(=O)CCC(=O)c2ccc(OC)cc2OC)B(O)O)=CCC1. The molecule has 0 radical (unpaired) electrons. The van der Waals surface area contributed by atoms with Crippen molar-refractivity contribution in [1.82, 2.24) is 5.32 Å². The van der Waals surface area contributed by atoms with Crippen LogP contribution in [0.3, 0.4) is 0 Å². The van der Waals surface area contributed by atoms with Gasteiger partial charge < -0.3 is 24.8 Å². The van der Waals surface area contributed by atoms with Crippen LogP contribution in [-0.4, -0.2) is 49.0 Å². The Bertz CT molecular complexity index is 818. The molecule has 8 heteroatoms. The zero-order valence-electron chi connectivity index (χ0n) is 17.8.